The highest BCUT2D eigenvalue weighted by Crippen LogP contribution is 2.19. The number of nitrogens with one attached hydrogen (secondary N) is 1. The fourth-order valence-electron chi connectivity index (χ4n) is 2.18. The average molecular weight is 321 g/mol. The summed E-state index contributed by atoms with van der Waals surface area (Å²) in [5.74, 6) is -1.32. The van der Waals surface area contributed by atoms with E-state index in [4.69, 9.17) is 4.74 Å². The highest BCUT2D eigenvalue weighted by atomic mass is 19.1. The fraction of sp³-hybridized carbons (Fsp3) is 0.235. The molecule has 0 unspecified atom stereocenters. The minimum atomic E-state index is -1.25. The number of hydrogen-bond donors (Lipinski definition) is 2. The Bertz CT molecular complexity index is 691. The first-order chi connectivity index (χ1) is 11.0. The maximum Gasteiger partial charge on any atom is 0.224 e. The molecule has 2 aromatic rings. The lowest BCUT2D eigenvalue weighted by Crippen LogP contribution is -2.30. The van der Waals surface area contributed by atoms with Crippen LogP contribution in [-0.4, -0.2) is 24.7 Å². The second-order valence-electron chi connectivity index (χ2n) is 4.97. The molecule has 1 amide bonds. The van der Waals surface area contributed by atoms with E-state index in [1.807, 2.05) is 0 Å². The molecule has 2 N–H and O–H groups in total. The molecule has 122 valence electrons. The van der Waals surface area contributed by atoms with Crippen LogP contribution in [0.25, 0.3) is 0 Å². The number of aliphatic hydroxyl groups excluding tert-OH is 1. The zero-order chi connectivity index (χ0) is 16.8. The van der Waals surface area contributed by atoms with Crippen LogP contribution in [0.2, 0.25) is 0 Å². The summed E-state index contributed by atoms with van der Waals surface area (Å²) in [6, 6.07) is 9.98. The lowest BCUT2D eigenvalue weighted by Gasteiger charge is -2.14. The number of para-hydroxylation sites is 1. The summed E-state index contributed by atoms with van der Waals surface area (Å²) in [4.78, 5) is 11.9. The molecule has 0 saturated heterocycles. The van der Waals surface area contributed by atoms with Crippen LogP contribution in [-0.2, 0) is 11.2 Å². The maximum atomic E-state index is 13.5. The molecule has 0 heterocycles. The molecule has 4 nitrogen and oxygen atoms in total. The predicted molar refractivity (Wildman–Crippen MR) is 81.0 cm³/mol. The summed E-state index contributed by atoms with van der Waals surface area (Å²) in [6.07, 6.45) is -1.18. The second-order valence-corrected chi connectivity index (χ2v) is 4.97. The average Bonchev–Trinajstić information content (AvgIpc) is 2.53. The van der Waals surface area contributed by atoms with Gasteiger partial charge in [0.05, 0.1) is 19.6 Å². The Balaban J connectivity index is 1.93. The zero-order valence-electron chi connectivity index (χ0n) is 12.6. The Kier molecular flexibility index (Phi) is 5.65. The second kappa shape index (κ2) is 7.69. The molecule has 0 saturated carbocycles. The van der Waals surface area contributed by atoms with Gasteiger partial charge in [-0.25, -0.2) is 8.78 Å². The molecule has 23 heavy (non-hydrogen) atoms. The molecule has 0 aliphatic heterocycles. The number of ether oxygens (including phenoxy) is 1. The lowest BCUT2D eigenvalue weighted by molar-refractivity contribution is -0.120. The van der Waals surface area contributed by atoms with Crippen LogP contribution in [0.15, 0.2) is 42.5 Å². The van der Waals surface area contributed by atoms with Gasteiger partial charge in [-0.05, 0) is 12.1 Å². The van der Waals surface area contributed by atoms with Crippen molar-refractivity contribution in [1.29, 1.82) is 0 Å². The predicted octanol–water partition coefficient (Wildman–Crippen LogP) is 2.37. The van der Waals surface area contributed by atoms with Crippen molar-refractivity contribution in [1.82, 2.24) is 5.32 Å². The van der Waals surface area contributed by atoms with Gasteiger partial charge >= 0.3 is 0 Å². The quantitative estimate of drug-likeness (QED) is 0.859. The van der Waals surface area contributed by atoms with E-state index in [1.54, 1.807) is 24.3 Å². The van der Waals surface area contributed by atoms with E-state index in [9.17, 15) is 18.7 Å². The van der Waals surface area contributed by atoms with Crippen molar-refractivity contribution in [2.24, 2.45) is 0 Å². The monoisotopic (exact) mass is 321 g/mol. The molecule has 0 aliphatic carbocycles. The summed E-state index contributed by atoms with van der Waals surface area (Å²) in [6.45, 7) is -0.170. The van der Waals surface area contributed by atoms with Gasteiger partial charge in [-0.1, -0.05) is 24.3 Å². The Morgan fingerprint density at radius 3 is 2.70 bits per heavy atom. The van der Waals surface area contributed by atoms with E-state index in [1.165, 1.54) is 7.11 Å². The van der Waals surface area contributed by atoms with Crippen LogP contribution in [0.5, 0.6) is 5.75 Å². The third-order valence-corrected chi connectivity index (χ3v) is 3.36. The van der Waals surface area contributed by atoms with Crippen molar-refractivity contribution in [3.63, 3.8) is 0 Å². The third kappa shape index (κ3) is 4.50. The molecule has 0 spiro atoms. The minimum Gasteiger partial charge on any atom is -0.496 e. The largest absolute Gasteiger partial charge is 0.496 e. The standard InChI is InChI=1S/C17H17F2NO3/c1-23-16-5-3-2-4-11(16)8-17(22)20-10-15(21)13-7-6-12(18)9-14(13)19/h2-7,9,15,21H,8,10H2,1H3,(H,20,22)/t15-/m0/s1. The molecule has 0 aliphatic rings. The summed E-state index contributed by atoms with van der Waals surface area (Å²) < 4.78 is 31.5. The van der Waals surface area contributed by atoms with E-state index in [0.29, 0.717) is 17.4 Å². The van der Waals surface area contributed by atoms with Gasteiger partial charge < -0.3 is 15.2 Å². The van der Waals surface area contributed by atoms with E-state index >= 15 is 0 Å². The molecule has 2 rings (SSSR count). The van der Waals surface area contributed by atoms with Gasteiger partial charge in [-0.2, -0.15) is 0 Å². The normalized spacial score (nSPS) is 11.8. The maximum absolute atomic E-state index is 13.5. The molecule has 0 bridgehead atoms. The van der Waals surface area contributed by atoms with E-state index < -0.39 is 17.7 Å². The van der Waals surface area contributed by atoms with Crippen molar-refractivity contribution in [3.8, 4) is 5.75 Å². The van der Waals surface area contributed by atoms with E-state index in [2.05, 4.69) is 5.32 Å². The van der Waals surface area contributed by atoms with Crippen LogP contribution in [0, 0.1) is 11.6 Å². The molecule has 0 fully saturated rings. The van der Waals surface area contributed by atoms with Gasteiger partial charge in [-0.3, -0.25) is 4.79 Å². The molecule has 6 heteroatoms. The summed E-state index contributed by atoms with van der Waals surface area (Å²) in [7, 11) is 1.51. The van der Waals surface area contributed by atoms with Crippen molar-refractivity contribution >= 4 is 5.91 Å². The van der Waals surface area contributed by atoms with Gasteiger partial charge in [0.15, 0.2) is 0 Å². The molecular weight excluding hydrogens is 304 g/mol. The highest BCUT2D eigenvalue weighted by molar-refractivity contribution is 5.79. The first kappa shape index (κ1) is 16.9. The van der Waals surface area contributed by atoms with Crippen molar-refractivity contribution < 1.29 is 23.4 Å². The number of hydrogen-bond acceptors (Lipinski definition) is 3. The number of halogens is 2. The SMILES string of the molecule is COc1ccccc1CC(=O)NC[C@H](O)c1ccc(F)cc1F. The molecule has 0 radical (unpaired) electrons. The first-order valence-electron chi connectivity index (χ1n) is 7.03. The smallest absolute Gasteiger partial charge is 0.224 e. The van der Waals surface area contributed by atoms with Crippen molar-refractivity contribution in [2.45, 2.75) is 12.5 Å². The van der Waals surface area contributed by atoms with Gasteiger partial charge in [0.2, 0.25) is 5.91 Å². The van der Waals surface area contributed by atoms with Crippen molar-refractivity contribution in [3.05, 3.63) is 65.2 Å². The summed E-state index contributed by atoms with van der Waals surface area (Å²) in [5, 5.41) is 12.4. The number of carbonyl (C=O) groups excluding carboxylic acids is 1. The molecule has 0 aromatic heterocycles. The summed E-state index contributed by atoms with van der Waals surface area (Å²) >= 11 is 0. The van der Waals surface area contributed by atoms with Crippen LogP contribution in [0.1, 0.15) is 17.2 Å². The van der Waals surface area contributed by atoms with Gasteiger partial charge in [-0.15, -0.1) is 0 Å². The van der Waals surface area contributed by atoms with Gasteiger partial charge in [0, 0.05) is 23.7 Å². The van der Waals surface area contributed by atoms with Gasteiger partial charge in [0.1, 0.15) is 17.4 Å². The Morgan fingerprint density at radius 2 is 2.00 bits per heavy atom. The first-order valence-corrected chi connectivity index (χ1v) is 7.03. The number of aliphatic hydroxyl groups is 1. The van der Waals surface area contributed by atoms with Crippen LogP contribution < -0.4 is 10.1 Å². The van der Waals surface area contributed by atoms with Crippen molar-refractivity contribution in [2.75, 3.05) is 13.7 Å². The van der Waals surface area contributed by atoms with E-state index in [-0.39, 0.29) is 24.4 Å². The molecular formula is C17H17F2NO3. The number of methoxy groups -OCH3 is 1. The number of amides is 1. The fourth-order valence-corrected chi connectivity index (χ4v) is 2.18. The molecule has 2 aromatic carbocycles. The zero-order valence-corrected chi connectivity index (χ0v) is 12.6. The van der Waals surface area contributed by atoms with Crippen LogP contribution in [0.3, 0.4) is 0 Å². The Labute approximate surface area is 132 Å². The van der Waals surface area contributed by atoms with Gasteiger partial charge in [0.25, 0.3) is 0 Å². The number of benzene rings is 2. The highest BCUT2D eigenvalue weighted by Gasteiger charge is 2.15. The third-order valence-electron chi connectivity index (χ3n) is 3.36. The number of carbonyl (C=O) groups is 1. The molecule has 1 atom stereocenters. The minimum absolute atomic E-state index is 0.0657. The topological polar surface area (TPSA) is 58.6 Å². The lowest BCUT2D eigenvalue weighted by atomic mass is 10.1. The Morgan fingerprint density at radius 1 is 1.26 bits per heavy atom. The van der Waals surface area contributed by atoms with E-state index in [0.717, 1.165) is 12.1 Å². The summed E-state index contributed by atoms with van der Waals surface area (Å²) in [5.41, 5.74) is 0.638. The van der Waals surface area contributed by atoms with Crippen LogP contribution in [0.4, 0.5) is 8.78 Å². The number of rotatable bonds is 6. The Hall–Kier alpha value is -2.47. The van der Waals surface area contributed by atoms with Crippen LogP contribution >= 0.6 is 0 Å².